The minimum Gasteiger partial charge on any atom is -0.378 e. The van der Waals surface area contributed by atoms with E-state index in [1.807, 2.05) is 39.0 Å². The summed E-state index contributed by atoms with van der Waals surface area (Å²) in [6, 6.07) is 0. The summed E-state index contributed by atoms with van der Waals surface area (Å²) in [6.45, 7) is 10.0. The lowest BCUT2D eigenvalue weighted by atomic mass is 9.67. The van der Waals surface area contributed by atoms with E-state index in [-0.39, 0.29) is 11.2 Å². The minimum atomic E-state index is -1.08. The topological polar surface area (TPSA) is 63.3 Å². The quantitative estimate of drug-likeness (QED) is 0.608. The molecule has 3 heteroatoms. The van der Waals surface area contributed by atoms with Crippen molar-refractivity contribution in [2.45, 2.75) is 47.3 Å². The predicted molar refractivity (Wildman–Crippen MR) is 78.4 cm³/mol. The largest absolute Gasteiger partial charge is 0.378 e. The molecule has 0 fully saturated rings. The van der Waals surface area contributed by atoms with Crippen molar-refractivity contribution in [2.24, 2.45) is 17.1 Å². The van der Waals surface area contributed by atoms with E-state index < -0.39 is 12.1 Å². The third-order valence-corrected chi connectivity index (χ3v) is 3.95. The Morgan fingerprint density at radius 1 is 1.53 bits per heavy atom. The maximum atomic E-state index is 12.2. The average Bonchev–Trinajstić information content (AvgIpc) is 2.32. The van der Waals surface area contributed by atoms with Crippen LogP contribution in [-0.2, 0) is 4.79 Å². The number of aliphatic hydroxyl groups is 1. The zero-order chi connectivity index (χ0) is 14.8. The monoisotopic (exact) mass is 263 g/mol. The Labute approximate surface area is 115 Å². The second-order valence-electron chi connectivity index (χ2n) is 5.95. The van der Waals surface area contributed by atoms with Crippen LogP contribution in [0.2, 0.25) is 0 Å². The lowest BCUT2D eigenvalue weighted by Crippen LogP contribution is -2.42. The summed E-state index contributed by atoms with van der Waals surface area (Å²) in [5.74, 6) is -0.526. The third-order valence-electron chi connectivity index (χ3n) is 3.95. The fraction of sp³-hybridized carbons (Fsp3) is 0.562. The molecule has 0 aliphatic heterocycles. The van der Waals surface area contributed by atoms with Gasteiger partial charge in [0.25, 0.3) is 0 Å². The molecule has 0 aromatic carbocycles. The Kier molecular flexibility index (Phi) is 4.88. The average molecular weight is 263 g/mol. The molecule has 106 valence electrons. The first-order valence-electron chi connectivity index (χ1n) is 6.71. The van der Waals surface area contributed by atoms with Crippen molar-refractivity contribution in [3.63, 3.8) is 0 Å². The number of hydrogen-bond acceptors (Lipinski definition) is 3. The van der Waals surface area contributed by atoms with Crippen molar-refractivity contribution in [2.75, 3.05) is 0 Å². The van der Waals surface area contributed by atoms with Gasteiger partial charge in [0, 0.05) is 0 Å². The zero-order valence-corrected chi connectivity index (χ0v) is 12.5. The molecule has 1 aliphatic rings. The first-order chi connectivity index (χ1) is 8.70. The first-order valence-corrected chi connectivity index (χ1v) is 6.71. The highest BCUT2D eigenvalue weighted by Crippen LogP contribution is 2.42. The standard InChI is InChI=1S/C16H25NO2/c1-6-10(2)7-8-13-11(3)14(18)12(15(17)19)9-16(13,4)5/h6-8,12,15,19H,9,17H2,1-5H3/b8-7+,10-6+/t12-,15?/m0/s1. The summed E-state index contributed by atoms with van der Waals surface area (Å²) < 4.78 is 0. The number of aliphatic hydroxyl groups excluding tert-OH is 1. The van der Waals surface area contributed by atoms with E-state index in [1.54, 1.807) is 0 Å². The maximum Gasteiger partial charge on any atom is 0.165 e. The summed E-state index contributed by atoms with van der Waals surface area (Å²) in [6.07, 6.45) is 5.56. The SMILES string of the molecule is C/C=C(C)/C=C/C1=C(C)C(=O)[C@@H](C(N)O)CC1(C)C. The molecule has 0 aromatic rings. The van der Waals surface area contributed by atoms with E-state index in [9.17, 15) is 9.90 Å². The first kappa shape index (κ1) is 15.9. The molecule has 0 saturated heterocycles. The van der Waals surface area contributed by atoms with Crippen LogP contribution in [0.15, 0.2) is 34.9 Å². The predicted octanol–water partition coefficient (Wildman–Crippen LogP) is 2.72. The van der Waals surface area contributed by atoms with Crippen LogP contribution < -0.4 is 5.73 Å². The lowest BCUT2D eigenvalue weighted by Gasteiger charge is -2.37. The molecular weight excluding hydrogens is 238 g/mol. The van der Waals surface area contributed by atoms with Crippen molar-refractivity contribution in [3.05, 3.63) is 34.9 Å². The van der Waals surface area contributed by atoms with Crippen molar-refractivity contribution < 1.29 is 9.90 Å². The summed E-state index contributed by atoms with van der Waals surface area (Å²) in [7, 11) is 0. The lowest BCUT2D eigenvalue weighted by molar-refractivity contribution is -0.124. The van der Waals surface area contributed by atoms with Gasteiger partial charge >= 0.3 is 0 Å². The van der Waals surface area contributed by atoms with Crippen molar-refractivity contribution in [1.29, 1.82) is 0 Å². The van der Waals surface area contributed by atoms with Gasteiger partial charge in [-0.2, -0.15) is 0 Å². The van der Waals surface area contributed by atoms with Gasteiger partial charge in [-0.1, -0.05) is 37.6 Å². The summed E-state index contributed by atoms with van der Waals surface area (Å²) in [5.41, 5.74) is 8.26. The van der Waals surface area contributed by atoms with Gasteiger partial charge in [-0.3, -0.25) is 4.79 Å². The van der Waals surface area contributed by atoms with Crippen LogP contribution >= 0.6 is 0 Å². The van der Waals surface area contributed by atoms with E-state index in [2.05, 4.69) is 13.8 Å². The van der Waals surface area contributed by atoms with Crippen LogP contribution in [0.3, 0.4) is 0 Å². The van der Waals surface area contributed by atoms with E-state index in [0.717, 1.165) is 11.1 Å². The highest BCUT2D eigenvalue weighted by Gasteiger charge is 2.39. The fourth-order valence-corrected chi connectivity index (χ4v) is 2.61. The zero-order valence-electron chi connectivity index (χ0n) is 12.5. The highest BCUT2D eigenvalue weighted by atomic mass is 16.3. The van der Waals surface area contributed by atoms with Gasteiger partial charge in [0.05, 0.1) is 5.92 Å². The van der Waals surface area contributed by atoms with Crippen molar-refractivity contribution in [1.82, 2.24) is 0 Å². The van der Waals surface area contributed by atoms with Crippen molar-refractivity contribution in [3.8, 4) is 0 Å². The highest BCUT2D eigenvalue weighted by molar-refractivity contribution is 5.99. The second kappa shape index (κ2) is 5.85. The van der Waals surface area contributed by atoms with Gasteiger partial charge < -0.3 is 10.8 Å². The Morgan fingerprint density at radius 3 is 2.58 bits per heavy atom. The molecule has 2 atom stereocenters. The number of Topliss-reactive ketones (excluding diaryl/α,β-unsaturated/α-hetero) is 1. The maximum absolute atomic E-state index is 12.2. The molecule has 1 aliphatic carbocycles. The number of hydrogen-bond donors (Lipinski definition) is 2. The number of carbonyl (C=O) groups excluding carboxylic acids is 1. The number of nitrogens with two attached hydrogens (primary N) is 1. The van der Waals surface area contributed by atoms with Gasteiger partial charge in [-0.15, -0.1) is 0 Å². The van der Waals surface area contributed by atoms with Gasteiger partial charge in [0.1, 0.15) is 6.23 Å². The minimum absolute atomic E-state index is 0.0351. The Hall–Kier alpha value is -1.19. The molecule has 0 spiro atoms. The second-order valence-corrected chi connectivity index (χ2v) is 5.95. The Bertz CT molecular complexity index is 453. The van der Waals surface area contributed by atoms with Crippen LogP contribution in [0.5, 0.6) is 0 Å². The van der Waals surface area contributed by atoms with Crippen LogP contribution in [0.1, 0.15) is 41.0 Å². The molecule has 3 N–H and O–H groups in total. The van der Waals surface area contributed by atoms with Crippen molar-refractivity contribution >= 4 is 5.78 Å². The fourth-order valence-electron chi connectivity index (χ4n) is 2.61. The molecule has 1 unspecified atom stereocenters. The molecule has 0 amide bonds. The molecule has 1 rings (SSSR count). The van der Waals surface area contributed by atoms with Crippen LogP contribution in [0.25, 0.3) is 0 Å². The number of carbonyl (C=O) groups is 1. The van der Waals surface area contributed by atoms with Gasteiger partial charge in [-0.25, -0.2) is 0 Å². The molecule has 0 bridgehead atoms. The molecule has 0 heterocycles. The van der Waals surface area contributed by atoms with Gasteiger partial charge in [0.15, 0.2) is 5.78 Å². The number of ketones is 1. The molecule has 3 nitrogen and oxygen atoms in total. The van der Waals surface area contributed by atoms with Gasteiger partial charge in [-0.05, 0) is 43.8 Å². The summed E-state index contributed by atoms with van der Waals surface area (Å²) in [4.78, 5) is 12.2. The summed E-state index contributed by atoms with van der Waals surface area (Å²) >= 11 is 0. The summed E-state index contributed by atoms with van der Waals surface area (Å²) in [5, 5.41) is 9.55. The smallest absolute Gasteiger partial charge is 0.165 e. The molecule has 0 saturated carbocycles. The number of allylic oxidation sites excluding steroid dienone is 6. The Morgan fingerprint density at radius 2 is 2.11 bits per heavy atom. The molecular formula is C16H25NO2. The van der Waals surface area contributed by atoms with Crippen LogP contribution in [0, 0.1) is 11.3 Å². The third kappa shape index (κ3) is 3.43. The molecule has 19 heavy (non-hydrogen) atoms. The van der Waals surface area contributed by atoms with E-state index in [1.165, 1.54) is 0 Å². The van der Waals surface area contributed by atoms with E-state index in [0.29, 0.717) is 12.0 Å². The molecule has 0 radical (unpaired) electrons. The Balaban J connectivity index is 3.21. The normalized spacial score (nSPS) is 26.2. The van der Waals surface area contributed by atoms with Crippen LogP contribution in [-0.4, -0.2) is 17.1 Å². The molecule has 0 aromatic heterocycles. The van der Waals surface area contributed by atoms with Crippen LogP contribution in [0.4, 0.5) is 0 Å². The number of rotatable bonds is 3. The van der Waals surface area contributed by atoms with E-state index in [4.69, 9.17) is 5.73 Å². The van der Waals surface area contributed by atoms with E-state index >= 15 is 0 Å². The van der Waals surface area contributed by atoms with Gasteiger partial charge in [0.2, 0.25) is 0 Å².